The summed E-state index contributed by atoms with van der Waals surface area (Å²) in [6, 6.07) is 13.3. The van der Waals surface area contributed by atoms with Gasteiger partial charge in [0.15, 0.2) is 0 Å². The average molecular weight is 273 g/mol. The standard InChI is InChI=1S/C15H13ClN2O/c16-13-6-2-1-5-11(13)9-15(19)12-10-17-18-8-4-3-7-14(12)18/h1-8,10,15,19H,9H2. The lowest BCUT2D eigenvalue weighted by Crippen LogP contribution is -2.02. The lowest BCUT2D eigenvalue weighted by atomic mass is 10.0. The predicted molar refractivity (Wildman–Crippen MR) is 75.3 cm³/mol. The molecule has 96 valence electrons. The van der Waals surface area contributed by atoms with Gasteiger partial charge in [-0.15, -0.1) is 0 Å². The third kappa shape index (κ3) is 2.35. The van der Waals surface area contributed by atoms with Crippen LogP contribution in [0.2, 0.25) is 5.02 Å². The van der Waals surface area contributed by atoms with Crippen molar-refractivity contribution >= 4 is 17.1 Å². The summed E-state index contributed by atoms with van der Waals surface area (Å²) in [5.41, 5.74) is 2.68. The van der Waals surface area contributed by atoms with Crippen LogP contribution in [0.15, 0.2) is 54.9 Å². The van der Waals surface area contributed by atoms with Crippen molar-refractivity contribution in [2.75, 3.05) is 0 Å². The van der Waals surface area contributed by atoms with E-state index in [0.29, 0.717) is 11.4 Å². The van der Waals surface area contributed by atoms with Crippen LogP contribution in [0, 0.1) is 0 Å². The van der Waals surface area contributed by atoms with E-state index < -0.39 is 6.10 Å². The molecule has 19 heavy (non-hydrogen) atoms. The minimum Gasteiger partial charge on any atom is -0.388 e. The monoisotopic (exact) mass is 272 g/mol. The molecule has 0 saturated carbocycles. The molecule has 0 saturated heterocycles. The fourth-order valence-electron chi connectivity index (χ4n) is 2.19. The largest absolute Gasteiger partial charge is 0.388 e. The van der Waals surface area contributed by atoms with Gasteiger partial charge in [-0.1, -0.05) is 35.9 Å². The van der Waals surface area contributed by atoms with Crippen molar-refractivity contribution in [3.05, 3.63) is 71.0 Å². The summed E-state index contributed by atoms with van der Waals surface area (Å²) in [6.45, 7) is 0. The second-order valence-corrected chi connectivity index (χ2v) is 4.85. The maximum absolute atomic E-state index is 10.4. The molecule has 4 heteroatoms. The molecule has 0 bridgehead atoms. The minimum atomic E-state index is -0.611. The Morgan fingerprint density at radius 3 is 2.79 bits per heavy atom. The van der Waals surface area contributed by atoms with Gasteiger partial charge in [-0.25, -0.2) is 4.52 Å². The summed E-state index contributed by atoms with van der Waals surface area (Å²) in [6.07, 6.45) is 3.44. The smallest absolute Gasteiger partial charge is 0.0867 e. The molecule has 2 heterocycles. The molecule has 1 atom stereocenters. The highest BCUT2D eigenvalue weighted by atomic mass is 35.5. The van der Waals surface area contributed by atoms with Crippen LogP contribution in [-0.2, 0) is 6.42 Å². The Bertz CT molecular complexity index is 708. The first-order chi connectivity index (χ1) is 9.25. The van der Waals surface area contributed by atoms with Crippen LogP contribution >= 0.6 is 11.6 Å². The van der Waals surface area contributed by atoms with E-state index in [1.54, 1.807) is 10.7 Å². The van der Waals surface area contributed by atoms with Crippen LogP contribution in [0.25, 0.3) is 5.52 Å². The van der Waals surface area contributed by atoms with Crippen LogP contribution in [0.5, 0.6) is 0 Å². The van der Waals surface area contributed by atoms with Crippen LogP contribution in [0.4, 0.5) is 0 Å². The van der Waals surface area contributed by atoms with Gasteiger partial charge in [0.2, 0.25) is 0 Å². The second kappa shape index (κ2) is 5.03. The van der Waals surface area contributed by atoms with Crippen LogP contribution in [-0.4, -0.2) is 14.7 Å². The van der Waals surface area contributed by atoms with Gasteiger partial charge in [0.05, 0.1) is 17.8 Å². The van der Waals surface area contributed by atoms with Gasteiger partial charge in [-0.3, -0.25) is 0 Å². The summed E-state index contributed by atoms with van der Waals surface area (Å²) in [4.78, 5) is 0. The molecular weight excluding hydrogens is 260 g/mol. The van der Waals surface area contributed by atoms with Gasteiger partial charge in [0, 0.05) is 23.2 Å². The van der Waals surface area contributed by atoms with Crippen molar-refractivity contribution in [1.29, 1.82) is 0 Å². The first-order valence-corrected chi connectivity index (χ1v) is 6.47. The minimum absolute atomic E-state index is 0.482. The summed E-state index contributed by atoms with van der Waals surface area (Å²) in [7, 11) is 0. The summed E-state index contributed by atoms with van der Waals surface area (Å²) >= 11 is 6.12. The summed E-state index contributed by atoms with van der Waals surface area (Å²) < 4.78 is 1.76. The first-order valence-electron chi connectivity index (χ1n) is 6.09. The highest BCUT2D eigenvalue weighted by molar-refractivity contribution is 6.31. The molecule has 3 aromatic rings. The Labute approximate surface area is 116 Å². The molecule has 1 unspecified atom stereocenters. The van der Waals surface area contributed by atoms with Gasteiger partial charge < -0.3 is 5.11 Å². The number of hydrogen-bond donors (Lipinski definition) is 1. The number of benzene rings is 1. The van der Waals surface area contributed by atoms with Crippen LogP contribution in [0.3, 0.4) is 0 Å². The number of hydrogen-bond acceptors (Lipinski definition) is 2. The maximum Gasteiger partial charge on any atom is 0.0867 e. The Morgan fingerprint density at radius 1 is 1.16 bits per heavy atom. The number of nitrogens with zero attached hydrogens (tertiary/aromatic N) is 2. The van der Waals surface area contributed by atoms with Crippen molar-refractivity contribution < 1.29 is 5.11 Å². The molecule has 2 aromatic heterocycles. The Morgan fingerprint density at radius 2 is 1.95 bits per heavy atom. The fourth-order valence-corrected chi connectivity index (χ4v) is 2.41. The Kier molecular flexibility index (Phi) is 3.23. The number of pyridine rings is 1. The van der Waals surface area contributed by atoms with E-state index in [1.165, 1.54) is 0 Å². The number of aliphatic hydroxyl groups excluding tert-OH is 1. The lowest BCUT2D eigenvalue weighted by molar-refractivity contribution is 0.180. The first kappa shape index (κ1) is 12.2. The van der Waals surface area contributed by atoms with Gasteiger partial charge in [-0.2, -0.15) is 5.10 Å². The van der Waals surface area contributed by atoms with E-state index in [0.717, 1.165) is 16.6 Å². The number of halogens is 1. The average Bonchev–Trinajstić information content (AvgIpc) is 2.85. The van der Waals surface area contributed by atoms with E-state index in [4.69, 9.17) is 11.6 Å². The number of aromatic nitrogens is 2. The zero-order chi connectivity index (χ0) is 13.2. The normalized spacial score (nSPS) is 12.7. The molecule has 0 aliphatic rings. The molecular formula is C15H13ClN2O. The van der Waals surface area contributed by atoms with E-state index >= 15 is 0 Å². The van der Waals surface area contributed by atoms with Crippen molar-refractivity contribution in [3.63, 3.8) is 0 Å². The fraction of sp³-hybridized carbons (Fsp3) is 0.133. The number of fused-ring (bicyclic) bond motifs is 1. The van der Waals surface area contributed by atoms with Crippen molar-refractivity contribution in [3.8, 4) is 0 Å². The highest BCUT2D eigenvalue weighted by Gasteiger charge is 2.15. The molecule has 3 rings (SSSR count). The van der Waals surface area contributed by atoms with Crippen LogP contribution in [0.1, 0.15) is 17.2 Å². The van der Waals surface area contributed by atoms with Crippen molar-refractivity contribution in [2.45, 2.75) is 12.5 Å². The number of rotatable bonds is 3. The van der Waals surface area contributed by atoms with Gasteiger partial charge in [0.1, 0.15) is 0 Å². The summed E-state index contributed by atoms with van der Waals surface area (Å²) in [5.74, 6) is 0. The lowest BCUT2D eigenvalue weighted by Gasteiger charge is -2.10. The summed E-state index contributed by atoms with van der Waals surface area (Å²) in [5, 5.41) is 15.3. The molecule has 0 aliphatic heterocycles. The Hall–Kier alpha value is -1.84. The maximum atomic E-state index is 10.4. The molecule has 0 radical (unpaired) electrons. The van der Waals surface area contributed by atoms with Crippen LogP contribution < -0.4 is 0 Å². The molecule has 0 fully saturated rings. The molecule has 1 aromatic carbocycles. The SMILES string of the molecule is OC(Cc1ccccc1Cl)c1cnn2ccccc12. The molecule has 1 N–H and O–H groups in total. The van der Waals surface area contributed by atoms with Gasteiger partial charge in [0.25, 0.3) is 0 Å². The van der Waals surface area contributed by atoms with E-state index in [1.807, 2.05) is 48.7 Å². The quantitative estimate of drug-likeness (QED) is 0.795. The highest BCUT2D eigenvalue weighted by Crippen LogP contribution is 2.25. The van der Waals surface area contributed by atoms with E-state index in [2.05, 4.69) is 5.10 Å². The topological polar surface area (TPSA) is 37.5 Å². The van der Waals surface area contributed by atoms with E-state index in [-0.39, 0.29) is 0 Å². The zero-order valence-electron chi connectivity index (χ0n) is 10.2. The molecule has 3 nitrogen and oxygen atoms in total. The van der Waals surface area contributed by atoms with E-state index in [9.17, 15) is 5.11 Å². The molecule has 0 amide bonds. The Balaban J connectivity index is 1.92. The number of aliphatic hydroxyl groups is 1. The zero-order valence-corrected chi connectivity index (χ0v) is 11.0. The molecule has 0 spiro atoms. The van der Waals surface area contributed by atoms with Gasteiger partial charge >= 0.3 is 0 Å². The third-order valence-corrected chi connectivity index (χ3v) is 3.56. The second-order valence-electron chi connectivity index (χ2n) is 4.44. The van der Waals surface area contributed by atoms with Crippen molar-refractivity contribution in [2.24, 2.45) is 0 Å². The predicted octanol–water partition coefficient (Wildman–Crippen LogP) is 3.26. The molecule has 0 aliphatic carbocycles. The van der Waals surface area contributed by atoms with Gasteiger partial charge in [-0.05, 0) is 23.8 Å². The van der Waals surface area contributed by atoms with Crippen molar-refractivity contribution in [1.82, 2.24) is 9.61 Å². The third-order valence-electron chi connectivity index (χ3n) is 3.19.